The molecule has 5 rings (SSSR count). The topological polar surface area (TPSA) is 72.5 Å². The zero-order valence-electron chi connectivity index (χ0n) is 25.1. The number of nitrogens with one attached hydrogen (secondary N) is 1. The fraction of sp³-hybridized carbons (Fsp3) is 0.788. The average Bonchev–Trinajstić information content (AvgIpc) is 3.45. The summed E-state index contributed by atoms with van der Waals surface area (Å²) in [6.07, 6.45) is 8.18. The first-order valence-electron chi connectivity index (χ1n) is 15.6. The molecule has 4 saturated carbocycles. The van der Waals surface area contributed by atoms with Crippen molar-refractivity contribution in [2.45, 2.75) is 111 Å². The minimum absolute atomic E-state index is 0.0288. The highest BCUT2D eigenvalue weighted by Gasteiger charge is 2.63. The van der Waals surface area contributed by atoms with Crippen LogP contribution in [0.1, 0.15) is 110 Å². The molecule has 4 aliphatic rings. The molecule has 0 bridgehead atoms. The third-order valence-electron chi connectivity index (χ3n) is 11.9. The summed E-state index contributed by atoms with van der Waals surface area (Å²) in [7, 11) is 0. The molecule has 1 aromatic rings. The number of carbonyl (C=O) groups excluding carboxylic acids is 3. The Morgan fingerprint density at radius 2 is 1.82 bits per heavy atom. The molecule has 40 heavy (non-hydrogen) atoms. The molecule has 1 N–H and O–H groups in total. The average molecular weight is 635 g/mol. The Kier molecular flexibility index (Phi) is 8.67. The molecule has 0 spiro atoms. The van der Waals surface area contributed by atoms with Gasteiger partial charge in [0.15, 0.2) is 0 Å². The summed E-state index contributed by atoms with van der Waals surface area (Å²) in [4.78, 5) is 39.3. The molecule has 4 fully saturated rings. The Morgan fingerprint density at radius 3 is 2.48 bits per heavy atom. The molecule has 0 aliphatic heterocycles. The maximum Gasteiger partial charge on any atom is 0.302 e. The van der Waals surface area contributed by atoms with Gasteiger partial charge in [0, 0.05) is 37.0 Å². The molecular weight excluding hydrogens is 586 g/mol. The van der Waals surface area contributed by atoms with E-state index in [1.165, 1.54) is 11.8 Å². The number of amides is 1. The SMILES string of the molecule is CC(=O)O[C@@H]1C[C@@H]2CC(=O)CC[C@]2(C)[C@H]2CC[C@]3(C)C([C@H](C)CC(=O)NC(c4ccc(Br)s4)C(C)C)CC[C@H]3[C@H]12. The summed E-state index contributed by atoms with van der Waals surface area (Å²) in [6.45, 7) is 13.1. The maximum atomic E-state index is 13.4. The van der Waals surface area contributed by atoms with E-state index in [1.54, 1.807) is 11.3 Å². The third kappa shape index (κ3) is 5.47. The molecule has 5 nitrogen and oxygen atoms in total. The first-order valence-corrected chi connectivity index (χ1v) is 17.2. The molecule has 2 unspecified atom stereocenters. The van der Waals surface area contributed by atoms with Gasteiger partial charge in [-0.2, -0.15) is 0 Å². The monoisotopic (exact) mass is 633 g/mol. The fourth-order valence-corrected chi connectivity index (χ4v) is 11.7. The third-order valence-corrected chi connectivity index (χ3v) is 13.7. The standard InChI is InChI=1S/C33H48BrNO4S/c1-18(2)31(27-9-10-28(34)40-27)35-29(38)15-19(3)23-7-8-24-30-25(12-14-33(23,24)6)32(5)13-11-22(37)16-21(32)17-26(30)39-20(4)36/h9-10,18-19,21,23-26,30-31H,7-8,11-17H2,1-6H3,(H,35,38)/t19-,21+,23?,24+,25+,26-,30+,31?,32+,33-/m1/s1. The number of hydrogen-bond donors (Lipinski definition) is 1. The van der Waals surface area contributed by atoms with Crippen molar-refractivity contribution in [1.82, 2.24) is 5.32 Å². The Morgan fingerprint density at radius 1 is 1.10 bits per heavy atom. The van der Waals surface area contributed by atoms with E-state index in [2.05, 4.69) is 68.0 Å². The number of carbonyl (C=O) groups is 3. The Hall–Kier alpha value is -1.21. The second kappa shape index (κ2) is 11.5. The summed E-state index contributed by atoms with van der Waals surface area (Å²) in [5.41, 5.74) is 0.297. The Bertz CT molecular complexity index is 1130. The lowest BCUT2D eigenvalue weighted by atomic mass is 9.43. The minimum atomic E-state index is -0.196. The number of Topliss-reactive ketones (excluding diaryl/α,β-unsaturated/α-hetero) is 1. The highest BCUT2D eigenvalue weighted by molar-refractivity contribution is 9.11. The molecule has 10 atom stereocenters. The highest BCUT2D eigenvalue weighted by Crippen LogP contribution is 2.68. The van der Waals surface area contributed by atoms with Crippen LogP contribution in [0.25, 0.3) is 0 Å². The van der Waals surface area contributed by atoms with Gasteiger partial charge >= 0.3 is 5.97 Å². The number of ketones is 1. The lowest BCUT2D eigenvalue weighted by Gasteiger charge is -2.62. The molecule has 7 heteroatoms. The van der Waals surface area contributed by atoms with Crippen LogP contribution in [0, 0.1) is 52.3 Å². The van der Waals surface area contributed by atoms with Gasteiger partial charge in [-0.1, -0.05) is 34.6 Å². The van der Waals surface area contributed by atoms with Gasteiger partial charge in [0.05, 0.1) is 9.83 Å². The lowest BCUT2D eigenvalue weighted by Crippen LogP contribution is -2.59. The van der Waals surface area contributed by atoms with E-state index in [4.69, 9.17) is 4.74 Å². The molecular formula is C33H48BrNO4S. The Labute approximate surface area is 253 Å². The molecule has 1 amide bonds. The van der Waals surface area contributed by atoms with Crippen molar-refractivity contribution in [3.63, 3.8) is 0 Å². The van der Waals surface area contributed by atoms with E-state index in [-0.39, 0.29) is 34.9 Å². The first kappa shape index (κ1) is 30.3. The van der Waals surface area contributed by atoms with Crippen LogP contribution in [0.15, 0.2) is 15.9 Å². The molecule has 1 heterocycles. The summed E-state index contributed by atoms with van der Waals surface area (Å²) in [5.74, 6) is 3.08. The van der Waals surface area contributed by atoms with E-state index in [0.29, 0.717) is 66.5 Å². The second-order valence-corrected chi connectivity index (χ2v) is 17.0. The number of ether oxygens (including phenoxy) is 1. The number of halogens is 1. The predicted octanol–water partition coefficient (Wildman–Crippen LogP) is 8.12. The molecule has 0 aromatic carbocycles. The van der Waals surface area contributed by atoms with Crippen LogP contribution in [-0.2, 0) is 19.1 Å². The highest BCUT2D eigenvalue weighted by atomic mass is 79.9. The van der Waals surface area contributed by atoms with E-state index in [1.807, 2.05) is 0 Å². The van der Waals surface area contributed by atoms with Crippen molar-refractivity contribution >= 4 is 44.9 Å². The number of rotatable bonds is 7. The van der Waals surface area contributed by atoms with Crippen LogP contribution >= 0.6 is 27.3 Å². The van der Waals surface area contributed by atoms with Gasteiger partial charge in [-0.05, 0) is 113 Å². The van der Waals surface area contributed by atoms with Gasteiger partial charge < -0.3 is 10.1 Å². The smallest absolute Gasteiger partial charge is 0.302 e. The summed E-state index contributed by atoms with van der Waals surface area (Å²) >= 11 is 5.26. The van der Waals surface area contributed by atoms with Gasteiger partial charge in [-0.15, -0.1) is 11.3 Å². The summed E-state index contributed by atoms with van der Waals surface area (Å²) in [6, 6.07) is 4.20. The van der Waals surface area contributed by atoms with Gasteiger partial charge in [-0.25, -0.2) is 0 Å². The Balaban J connectivity index is 1.32. The molecule has 0 radical (unpaired) electrons. The quantitative estimate of drug-likeness (QED) is 0.308. The lowest BCUT2D eigenvalue weighted by molar-refractivity contribution is -0.189. The first-order chi connectivity index (χ1) is 18.8. The van der Waals surface area contributed by atoms with Crippen LogP contribution in [-0.4, -0.2) is 23.8 Å². The van der Waals surface area contributed by atoms with Crippen molar-refractivity contribution in [3.05, 3.63) is 20.8 Å². The van der Waals surface area contributed by atoms with Crippen molar-refractivity contribution in [3.8, 4) is 0 Å². The predicted molar refractivity (Wildman–Crippen MR) is 163 cm³/mol. The second-order valence-electron chi connectivity index (χ2n) is 14.5. The number of hydrogen-bond acceptors (Lipinski definition) is 5. The number of fused-ring (bicyclic) bond motifs is 5. The van der Waals surface area contributed by atoms with E-state index in [0.717, 1.165) is 42.3 Å². The molecule has 1 aromatic heterocycles. The molecule has 0 saturated heterocycles. The van der Waals surface area contributed by atoms with Gasteiger partial charge in [0.1, 0.15) is 11.9 Å². The van der Waals surface area contributed by atoms with E-state index >= 15 is 0 Å². The molecule has 222 valence electrons. The van der Waals surface area contributed by atoms with Gasteiger partial charge in [-0.3, -0.25) is 14.4 Å². The van der Waals surface area contributed by atoms with Gasteiger partial charge in [0.2, 0.25) is 5.91 Å². The van der Waals surface area contributed by atoms with Gasteiger partial charge in [0.25, 0.3) is 0 Å². The number of thiophene rings is 1. The normalized spacial score (nSPS) is 38.6. The van der Waals surface area contributed by atoms with Crippen molar-refractivity contribution < 1.29 is 19.1 Å². The van der Waals surface area contributed by atoms with Crippen LogP contribution in [0.4, 0.5) is 0 Å². The van der Waals surface area contributed by atoms with Crippen molar-refractivity contribution in [1.29, 1.82) is 0 Å². The van der Waals surface area contributed by atoms with Crippen LogP contribution in [0.3, 0.4) is 0 Å². The summed E-state index contributed by atoms with van der Waals surface area (Å²) < 4.78 is 7.19. The van der Waals surface area contributed by atoms with Crippen LogP contribution < -0.4 is 5.32 Å². The van der Waals surface area contributed by atoms with Crippen molar-refractivity contribution in [2.75, 3.05) is 0 Å². The van der Waals surface area contributed by atoms with Crippen molar-refractivity contribution in [2.24, 2.45) is 52.3 Å². The minimum Gasteiger partial charge on any atom is -0.462 e. The molecule has 4 aliphatic carbocycles. The fourth-order valence-electron chi connectivity index (χ4n) is 10.0. The van der Waals surface area contributed by atoms with E-state index in [9.17, 15) is 14.4 Å². The van der Waals surface area contributed by atoms with E-state index < -0.39 is 0 Å². The zero-order valence-corrected chi connectivity index (χ0v) is 27.5. The van der Waals surface area contributed by atoms with Crippen LogP contribution in [0.5, 0.6) is 0 Å². The van der Waals surface area contributed by atoms with Crippen LogP contribution in [0.2, 0.25) is 0 Å². The zero-order chi connectivity index (χ0) is 29.0. The largest absolute Gasteiger partial charge is 0.462 e. The number of esters is 1. The summed E-state index contributed by atoms with van der Waals surface area (Å²) in [5, 5.41) is 3.36. The maximum absolute atomic E-state index is 13.4.